The molecule has 1 fully saturated rings. The highest BCUT2D eigenvalue weighted by Gasteiger charge is 2.35. The van der Waals surface area contributed by atoms with Gasteiger partial charge in [-0.1, -0.05) is 36.8 Å². The van der Waals surface area contributed by atoms with Crippen molar-refractivity contribution < 1.29 is 0 Å². The van der Waals surface area contributed by atoms with Crippen molar-refractivity contribution in [2.75, 3.05) is 13.6 Å². The fourth-order valence-corrected chi connectivity index (χ4v) is 2.88. The van der Waals surface area contributed by atoms with Gasteiger partial charge < -0.3 is 5.32 Å². The monoisotopic (exact) mass is 217 g/mol. The Morgan fingerprint density at radius 1 is 1.19 bits per heavy atom. The molecule has 0 saturated heterocycles. The molecule has 2 rings (SSSR count). The summed E-state index contributed by atoms with van der Waals surface area (Å²) in [4.78, 5) is 0. The van der Waals surface area contributed by atoms with Crippen LogP contribution in [-0.2, 0) is 6.42 Å². The van der Waals surface area contributed by atoms with Crippen molar-refractivity contribution in [3.63, 3.8) is 0 Å². The van der Waals surface area contributed by atoms with Crippen molar-refractivity contribution in [3.05, 3.63) is 35.9 Å². The van der Waals surface area contributed by atoms with Crippen molar-refractivity contribution >= 4 is 0 Å². The molecule has 0 aliphatic heterocycles. The Bertz CT molecular complexity index is 300. The summed E-state index contributed by atoms with van der Waals surface area (Å²) in [5, 5.41) is 3.36. The van der Waals surface area contributed by atoms with Gasteiger partial charge in [0.05, 0.1) is 0 Å². The number of rotatable bonds is 6. The van der Waals surface area contributed by atoms with Crippen molar-refractivity contribution in [1.82, 2.24) is 5.32 Å². The van der Waals surface area contributed by atoms with E-state index in [1.54, 1.807) is 0 Å². The van der Waals surface area contributed by atoms with Gasteiger partial charge in [-0.15, -0.1) is 0 Å². The lowest BCUT2D eigenvalue weighted by molar-refractivity contribution is 0.117. The predicted octanol–water partition coefficient (Wildman–Crippen LogP) is 3.40. The molecule has 0 heterocycles. The maximum absolute atomic E-state index is 3.36. The summed E-state index contributed by atoms with van der Waals surface area (Å²) >= 11 is 0. The first-order valence-electron chi connectivity index (χ1n) is 6.53. The summed E-state index contributed by atoms with van der Waals surface area (Å²) in [5.41, 5.74) is 2.13. The molecule has 16 heavy (non-hydrogen) atoms. The molecule has 1 aliphatic rings. The summed E-state index contributed by atoms with van der Waals surface area (Å²) in [6, 6.07) is 10.9. The van der Waals surface area contributed by atoms with E-state index in [2.05, 4.69) is 42.7 Å². The number of nitrogens with one attached hydrogen (secondary N) is 1. The highest BCUT2D eigenvalue weighted by Crippen LogP contribution is 2.44. The molecule has 0 unspecified atom stereocenters. The quantitative estimate of drug-likeness (QED) is 0.770. The van der Waals surface area contributed by atoms with Gasteiger partial charge in [-0.05, 0) is 50.1 Å². The van der Waals surface area contributed by atoms with Crippen LogP contribution in [0.3, 0.4) is 0 Å². The van der Waals surface area contributed by atoms with Crippen LogP contribution in [0.15, 0.2) is 30.3 Å². The lowest BCUT2D eigenvalue weighted by atomic mass is 9.66. The normalized spacial score (nSPS) is 18.1. The van der Waals surface area contributed by atoms with Crippen LogP contribution in [0.5, 0.6) is 0 Å². The van der Waals surface area contributed by atoms with Gasteiger partial charge in [0.25, 0.3) is 0 Å². The van der Waals surface area contributed by atoms with Crippen LogP contribution in [-0.4, -0.2) is 13.6 Å². The van der Waals surface area contributed by atoms with Gasteiger partial charge in [-0.3, -0.25) is 0 Å². The molecule has 1 saturated carbocycles. The first-order chi connectivity index (χ1) is 7.85. The van der Waals surface area contributed by atoms with Gasteiger partial charge in [0.1, 0.15) is 0 Å². The van der Waals surface area contributed by atoms with E-state index < -0.39 is 0 Å². The van der Waals surface area contributed by atoms with E-state index >= 15 is 0 Å². The summed E-state index contributed by atoms with van der Waals surface area (Å²) < 4.78 is 0. The minimum atomic E-state index is 0.642. The largest absolute Gasteiger partial charge is 0.319 e. The topological polar surface area (TPSA) is 12.0 Å². The van der Waals surface area contributed by atoms with Gasteiger partial charge in [-0.2, -0.15) is 0 Å². The molecule has 1 aromatic carbocycles. The highest BCUT2D eigenvalue weighted by atomic mass is 14.8. The van der Waals surface area contributed by atoms with E-state index in [1.165, 1.54) is 50.6 Å². The fourth-order valence-electron chi connectivity index (χ4n) is 2.88. The minimum absolute atomic E-state index is 0.642. The highest BCUT2D eigenvalue weighted by molar-refractivity contribution is 5.14. The Morgan fingerprint density at radius 3 is 2.50 bits per heavy atom. The molecule has 1 aromatic rings. The molecule has 1 aliphatic carbocycles. The average molecular weight is 217 g/mol. The molecule has 0 amide bonds. The van der Waals surface area contributed by atoms with Gasteiger partial charge in [0.15, 0.2) is 0 Å². The van der Waals surface area contributed by atoms with Gasteiger partial charge in [0, 0.05) is 6.54 Å². The van der Waals surface area contributed by atoms with Crippen LogP contribution < -0.4 is 5.32 Å². The van der Waals surface area contributed by atoms with E-state index in [-0.39, 0.29) is 0 Å². The standard InChI is InChI=1S/C15H23N/c1-16-13-15(11-6-12-15)10-5-9-14-7-3-2-4-8-14/h2-4,7-8,16H,5-6,9-13H2,1H3. The Kier molecular flexibility index (Phi) is 4.00. The Labute approximate surface area is 99.3 Å². The second-order valence-electron chi connectivity index (χ2n) is 5.22. The van der Waals surface area contributed by atoms with Gasteiger partial charge >= 0.3 is 0 Å². The first-order valence-corrected chi connectivity index (χ1v) is 6.53. The third-order valence-corrected chi connectivity index (χ3v) is 3.98. The molecule has 88 valence electrons. The zero-order chi connectivity index (χ0) is 11.3. The molecular formula is C15H23N. The zero-order valence-corrected chi connectivity index (χ0v) is 10.3. The number of hydrogen-bond acceptors (Lipinski definition) is 1. The summed E-state index contributed by atoms with van der Waals surface area (Å²) in [5.74, 6) is 0. The maximum Gasteiger partial charge on any atom is 0.000480 e. The van der Waals surface area contributed by atoms with E-state index in [0.29, 0.717) is 5.41 Å². The minimum Gasteiger partial charge on any atom is -0.319 e. The van der Waals surface area contributed by atoms with E-state index in [0.717, 1.165) is 0 Å². The number of aryl methyl sites for hydroxylation is 1. The molecule has 0 radical (unpaired) electrons. The molecule has 1 N–H and O–H groups in total. The van der Waals surface area contributed by atoms with Gasteiger partial charge in [0.2, 0.25) is 0 Å². The van der Waals surface area contributed by atoms with Crippen LogP contribution >= 0.6 is 0 Å². The van der Waals surface area contributed by atoms with Crippen LogP contribution in [0.4, 0.5) is 0 Å². The van der Waals surface area contributed by atoms with Crippen LogP contribution in [0.1, 0.15) is 37.7 Å². The summed E-state index contributed by atoms with van der Waals surface area (Å²) in [7, 11) is 2.08. The third-order valence-electron chi connectivity index (χ3n) is 3.98. The second-order valence-corrected chi connectivity index (χ2v) is 5.22. The maximum atomic E-state index is 3.36. The smallest absolute Gasteiger partial charge is 0.000480 e. The van der Waals surface area contributed by atoms with Crippen molar-refractivity contribution in [3.8, 4) is 0 Å². The van der Waals surface area contributed by atoms with E-state index in [9.17, 15) is 0 Å². The summed E-state index contributed by atoms with van der Waals surface area (Å²) in [6.07, 6.45) is 8.28. The van der Waals surface area contributed by atoms with Crippen molar-refractivity contribution in [2.45, 2.75) is 38.5 Å². The third kappa shape index (κ3) is 2.85. The van der Waals surface area contributed by atoms with E-state index in [4.69, 9.17) is 0 Å². The molecule has 0 atom stereocenters. The second kappa shape index (κ2) is 5.49. The molecule has 1 heteroatoms. The van der Waals surface area contributed by atoms with Crippen LogP contribution in [0, 0.1) is 5.41 Å². The first kappa shape index (κ1) is 11.7. The molecule has 0 bridgehead atoms. The number of hydrogen-bond donors (Lipinski definition) is 1. The van der Waals surface area contributed by atoms with Crippen LogP contribution in [0.2, 0.25) is 0 Å². The molecule has 1 nitrogen and oxygen atoms in total. The number of benzene rings is 1. The lowest BCUT2D eigenvalue weighted by Crippen LogP contribution is -2.38. The Hall–Kier alpha value is -0.820. The van der Waals surface area contributed by atoms with Gasteiger partial charge in [-0.25, -0.2) is 0 Å². The molecule has 0 aromatic heterocycles. The summed E-state index contributed by atoms with van der Waals surface area (Å²) in [6.45, 7) is 1.21. The zero-order valence-electron chi connectivity index (χ0n) is 10.3. The average Bonchev–Trinajstić information content (AvgIpc) is 2.27. The SMILES string of the molecule is CNCC1(CCCc2ccccc2)CCC1. The Balaban J connectivity index is 1.75. The van der Waals surface area contributed by atoms with E-state index in [1.807, 2.05) is 0 Å². The van der Waals surface area contributed by atoms with Crippen LogP contribution in [0.25, 0.3) is 0 Å². The Morgan fingerprint density at radius 2 is 1.94 bits per heavy atom. The predicted molar refractivity (Wildman–Crippen MR) is 69.6 cm³/mol. The molecular weight excluding hydrogens is 194 g/mol. The molecule has 0 spiro atoms. The van der Waals surface area contributed by atoms with Crippen molar-refractivity contribution in [2.24, 2.45) is 5.41 Å². The van der Waals surface area contributed by atoms with Crippen molar-refractivity contribution in [1.29, 1.82) is 0 Å². The lowest BCUT2D eigenvalue weighted by Gasteiger charge is -2.42. The fraction of sp³-hybridized carbons (Fsp3) is 0.600.